The Morgan fingerprint density at radius 2 is 1.24 bits per heavy atom. The molecule has 0 amide bonds. The van der Waals surface area contributed by atoms with Gasteiger partial charge in [-0.2, -0.15) is 8.42 Å². The summed E-state index contributed by atoms with van der Waals surface area (Å²) in [6, 6.07) is 27.5. The lowest BCUT2D eigenvalue weighted by Gasteiger charge is -2.14. The maximum atomic E-state index is 13.4. The smallest absolute Gasteiger partial charge is 0.213 e. The van der Waals surface area contributed by atoms with Crippen LogP contribution in [0.15, 0.2) is 105 Å². The molecule has 0 unspecified atom stereocenters. The topological polar surface area (TPSA) is 76.9 Å². The standard InChI is InChI=1S/C24H16Br2N4O2S/c25-20-9-3-7-18(13-20)23-27-28-24(19-8-4-10-21(26)14-19)30(23)29-33(31,32)22-12-11-16-5-1-2-6-17(16)15-22/h1-15,29H. The van der Waals surface area contributed by atoms with E-state index in [1.54, 1.807) is 18.2 Å². The van der Waals surface area contributed by atoms with Crippen LogP contribution in [0.1, 0.15) is 0 Å². The van der Waals surface area contributed by atoms with Gasteiger partial charge in [0.1, 0.15) is 0 Å². The molecule has 0 fully saturated rings. The van der Waals surface area contributed by atoms with Gasteiger partial charge in [0.15, 0.2) is 11.6 Å². The second-order valence-electron chi connectivity index (χ2n) is 7.31. The Bertz CT molecular complexity index is 1540. The van der Waals surface area contributed by atoms with Crippen LogP contribution < -0.4 is 4.83 Å². The maximum absolute atomic E-state index is 13.4. The molecule has 5 rings (SSSR count). The highest BCUT2D eigenvalue weighted by Crippen LogP contribution is 2.28. The zero-order chi connectivity index (χ0) is 23.0. The largest absolute Gasteiger partial charge is 0.275 e. The molecule has 1 N–H and O–H groups in total. The summed E-state index contributed by atoms with van der Waals surface area (Å²) in [5, 5.41) is 10.4. The molecule has 0 bridgehead atoms. The van der Waals surface area contributed by atoms with Crippen LogP contribution in [0.2, 0.25) is 0 Å². The molecule has 33 heavy (non-hydrogen) atoms. The highest BCUT2D eigenvalue weighted by atomic mass is 79.9. The van der Waals surface area contributed by atoms with E-state index in [0.29, 0.717) is 22.8 Å². The first kappa shape index (κ1) is 21.8. The highest BCUT2D eigenvalue weighted by Gasteiger charge is 2.22. The number of aromatic nitrogens is 3. The Morgan fingerprint density at radius 3 is 1.82 bits per heavy atom. The number of nitrogens with one attached hydrogen (secondary N) is 1. The number of hydrogen-bond acceptors (Lipinski definition) is 4. The Morgan fingerprint density at radius 1 is 0.667 bits per heavy atom. The van der Waals surface area contributed by atoms with Gasteiger partial charge in [-0.05, 0) is 47.2 Å². The number of sulfonamides is 1. The molecular formula is C24H16Br2N4O2S. The lowest BCUT2D eigenvalue weighted by Crippen LogP contribution is -2.25. The molecule has 164 valence electrons. The Kier molecular flexibility index (Phi) is 5.77. The second-order valence-corrected chi connectivity index (χ2v) is 10.8. The van der Waals surface area contributed by atoms with E-state index in [4.69, 9.17) is 0 Å². The van der Waals surface area contributed by atoms with E-state index in [1.165, 1.54) is 4.68 Å². The van der Waals surface area contributed by atoms with Gasteiger partial charge < -0.3 is 0 Å². The van der Waals surface area contributed by atoms with Crippen molar-refractivity contribution in [2.45, 2.75) is 4.90 Å². The number of halogens is 2. The van der Waals surface area contributed by atoms with Gasteiger partial charge >= 0.3 is 0 Å². The fraction of sp³-hybridized carbons (Fsp3) is 0. The summed E-state index contributed by atoms with van der Waals surface area (Å²) in [5.74, 6) is 0.742. The third kappa shape index (κ3) is 4.44. The lowest BCUT2D eigenvalue weighted by molar-refractivity contribution is 0.595. The molecule has 5 aromatic rings. The molecule has 1 aromatic heterocycles. The summed E-state index contributed by atoms with van der Waals surface area (Å²) in [7, 11) is -3.95. The zero-order valence-corrected chi connectivity index (χ0v) is 21.0. The van der Waals surface area contributed by atoms with Crippen molar-refractivity contribution in [3.63, 3.8) is 0 Å². The van der Waals surface area contributed by atoms with Crippen molar-refractivity contribution in [2.24, 2.45) is 0 Å². The van der Waals surface area contributed by atoms with E-state index >= 15 is 0 Å². The van der Waals surface area contributed by atoms with Crippen LogP contribution in [0.5, 0.6) is 0 Å². The fourth-order valence-electron chi connectivity index (χ4n) is 3.51. The first-order valence-electron chi connectivity index (χ1n) is 9.90. The zero-order valence-electron chi connectivity index (χ0n) is 17.0. The van der Waals surface area contributed by atoms with Crippen LogP contribution in [-0.2, 0) is 10.0 Å². The molecule has 6 nitrogen and oxygen atoms in total. The van der Waals surface area contributed by atoms with Crippen molar-refractivity contribution in [3.8, 4) is 22.8 Å². The van der Waals surface area contributed by atoms with Crippen molar-refractivity contribution in [2.75, 3.05) is 4.83 Å². The molecule has 0 aliphatic carbocycles. The molecule has 0 aliphatic rings. The van der Waals surface area contributed by atoms with Crippen molar-refractivity contribution >= 4 is 52.7 Å². The third-order valence-electron chi connectivity index (χ3n) is 5.07. The number of benzene rings is 4. The number of nitrogens with zero attached hydrogens (tertiary/aromatic N) is 3. The summed E-state index contributed by atoms with van der Waals surface area (Å²) in [5.41, 5.74) is 1.42. The predicted octanol–water partition coefficient (Wildman–Crippen LogP) is 6.22. The van der Waals surface area contributed by atoms with E-state index in [-0.39, 0.29) is 4.90 Å². The second kappa shape index (κ2) is 8.74. The van der Waals surface area contributed by atoms with E-state index in [9.17, 15) is 8.42 Å². The van der Waals surface area contributed by atoms with Gasteiger partial charge in [-0.1, -0.05) is 86.5 Å². The van der Waals surface area contributed by atoms with Crippen molar-refractivity contribution < 1.29 is 8.42 Å². The lowest BCUT2D eigenvalue weighted by atomic mass is 10.1. The molecule has 0 spiro atoms. The number of hydrogen-bond donors (Lipinski definition) is 1. The Hall–Kier alpha value is -3.01. The molecule has 0 saturated carbocycles. The minimum Gasteiger partial charge on any atom is -0.213 e. The van der Waals surface area contributed by atoms with Crippen LogP contribution in [-0.4, -0.2) is 23.3 Å². The first-order valence-corrected chi connectivity index (χ1v) is 13.0. The van der Waals surface area contributed by atoms with Crippen LogP contribution in [0, 0.1) is 0 Å². The van der Waals surface area contributed by atoms with Gasteiger partial charge in [0, 0.05) is 20.1 Å². The third-order valence-corrected chi connectivity index (χ3v) is 7.36. The average molecular weight is 584 g/mol. The Labute approximate surface area is 207 Å². The summed E-state index contributed by atoms with van der Waals surface area (Å²) < 4.78 is 30.0. The SMILES string of the molecule is O=S(=O)(Nn1c(-c2cccc(Br)c2)nnc1-c1cccc(Br)c1)c1ccc2ccccc2c1. The summed E-state index contributed by atoms with van der Waals surface area (Å²) in [4.78, 5) is 2.83. The molecule has 0 aliphatic heterocycles. The predicted molar refractivity (Wildman–Crippen MR) is 137 cm³/mol. The molecule has 1 heterocycles. The van der Waals surface area contributed by atoms with E-state index in [2.05, 4.69) is 46.9 Å². The molecule has 0 atom stereocenters. The first-order chi connectivity index (χ1) is 15.9. The minimum atomic E-state index is -3.95. The molecule has 4 aromatic carbocycles. The highest BCUT2D eigenvalue weighted by molar-refractivity contribution is 9.10. The summed E-state index contributed by atoms with van der Waals surface area (Å²) in [6.45, 7) is 0. The normalized spacial score (nSPS) is 11.6. The maximum Gasteiger partial charge on any atom is 0.275 e. The molecule has 0 saturated heterocycles. The van der Waals surface area contributed by atoms with Crippen molar-refractivity contribution in [1.82, 2.24) is 14.9 Å². The molecule has 0 radical (unpaired) electrons. The summed E-state index contributed by atoms with van der Waals surface area (Å²) in [6.07, 6.45) is 0. The fourth-order valence-corrected chi connectivity index (χ4v) is 5.35. The van der Waals surface area contributed by atoms with Crippen molar-refractivity contribution in [3.05, 3.63) is 99.9 Å². The van der Waals surface area contributed by atoms with Crippen LogP contribution in [0.4, 0.5) is 0 Å². The summed E-state index contributed by atoms with van der Waals surface area (Å²) >= 11 is 6.93. The quantitative estimate of drug-likeness (QED) is 0.266. The van der Waals surface area contributed by atoms with Crippen LogP contribution >= 0.6 is 31.9 Å². The van der Waals surface area contributed by atoms with Gasteiger partial charge in [0.25, 0.3) is 10.0 Å². The van der Waals surface area contributed by atoms with Crippen LogP contribution in [0.3, 0.4) is 0 Å². The van der Waals surface area contributed by atoms with Gasteiger partial charge in [0.2, 0.25) is 0 Å². The van der Waals surface area contributed by atoms with Gasteiger partial charge in [-0.25, -0.2) is 9.51 Å². The van der Waals surface area contributed by atoms with E-state index in [1.807, 2.05) is 72.8 Å². The van der Waals surface area contributed by atoms with Gasteiger partial charge in [-0.3, -0.25) is 0 Å². The Balaban J connectivity index is 1.65. The molecular weight excluding hydrogens is 568 g/mol. The average Bonchev–Trinajstić information content (AvgIpc) is 3.21. The monoisotopic (exact) mass is 582 g/mol. The minimum absolute atomic E-state index is 0.148. The van der Waals surface area contributed by atoms with E-state index < -0.39 is 10.0 Å². The number of rotatable bonds is 5. The van der Waals surface area contributed by atoms with Crippen LogP contribution in [0.25, 0.3) is 33.5 Å². The molecule has 9 heteroatoms. The van der Waals surface area contributed by atoms with Gasteiger partial charge in [0.05, 0.1) is 4.90 Å². The number of fused-ring (bicyclic) bond motifs is 1. The van der Waals surface area contributed by atoms with Crippen molar-refractivity contribution in [1.29, 1.82) is 0 Å². The van der Waals surface area contributed by atoms with Gasteiger partial charge in [-0.15, -0.1) is 10.2 Å². The van der Waals surface area contributed by atoms with E-state index in [0.717, 1.165) is 19.7 Å².